The van der Waals surface area contributed by atoms with Crippen LogP contribution in [0, 0.1) is 0 Å². The quantitative estimate of drug-likeness (QED) is 0.631. The minimum Gasteiger partial charge on any atom is -0.493 e. The number of aromatic nitrogens is 2. The summed E-state index contributed by atoms with van der Waals surface area (Å²) >= 11 is 0. The first-order chi connectivity index (χ1) is 16.1. The van der Waals surface area contributed by atoms with Gasteiger partial charge in [-0.2, -0.15) is 4.98 Å². The number of ether oxygens (including phenoxy) is 2. The molecule has 2 aromatic rings. The zero-order valence-electron chi connectivity index (χ0n) is 19.4. The van der Waals surface area contributed by atoms with Gasteiger partial charge in [-0.05, 0) is 50.3 Å². The third kappa shape index (κ3) is 5.46. The lowest BCUT2D eigenvalue weighted by Gasteiger charge is -2.31. The Morgan fingerprint density at radius 1 is 0.939 bits per heavy atom. The van der Waals surface area contributed by atoms with E-state index in [0.717, 1.165) is 44.3 Å². The van der Waals surface area contributed by atoms with Crippen LogP contribution >= 0.6 is 0 Å². The summed E-state index contributed by atoms with van der Waals surface area (Å²) in [6.45, 7) is 2.92. The van der Waals surface area contributed by atoms with Gasteiger partial charge in [0.1, 0.15) is 0 Å². The maximum Gasteiger partial charge on any atom is 0.230 e. The second-order valence-corrected chi connectivity index (χ2v) is 8.62. The number of likely N-dealkylation sites (tertiary alicyclic amines) is 2. The van der Waals surface area contributed by atoms with Crippen molar-refractivity contribution in [1.29, 1.82) is 0 Å². The third-order valence-corrected chi connectivity index (χ3v) is 6.54. The zero-order chi connectivity index (χ0) is 23.2. The molecule has 3 heterocycles. The van der Waals surface area contributed by atoms with Crippen molar-refractivity contribution >= 4 is 11.8 Å². The van der Waals surface area contributed by atoms with Crippen LogP contribution in [0.25, 0.3) is 11.4 Å². The van der Waals surface area contributed by atoms with Crippen LogP contribution in [0.2, 0.25) is 0 Å². The standard InChI is InChI=1S/C24H32N4O5/c1-31-19-7-6-18(16-20(19)32-2)23-25-24(33-26-23)17-10-14-28(15-11-17)22(30)9-8-21(29)27-12-4-3-5-13-27/h6-7,16-17H,3-5,8-15H2,1-2H3. The summed E-state index contributed by atoms with van der Waals surface area (Å²) < 4.78 is 16.2. The average molecular weight is 457 g/mol. The maximum atomic E-state index is 12.6. The lowest BCUT2D eigenvalue weighted by atomic mass is 9.96. The molecule has 0 N–H and O–H groups in total. The fourth-order valence-corrected chi connectivity index (χ4v) is 4.54. The summed E-state index contributed by atoms with van der Waals surface area (Å²) in [7, 11) is 3.18. The minimum absolute atomic E-state index is 0.0513. The van der Waals surface area contributed by atoms with E-state index in [0.29, 0.717) is 42.7 Å². The van der Waals surface area contributed by atoms with Gasteiger partial charge in [0.25, 0.3) is 0 Å². The van der Waals surface area contributed by atoms with Crippen molar-refractivity contribution in [2.75, 3.05) is 40.4 Å². The lowest BCUT2D eigenvalue weighted by Crippen LogP contribution is -2.39. The van der Waals surface area contributed by atoms with Crippen molar-refractivity contribution in [3.05, 3.63) is 24.1 Å². The van der Waals surface area contributed by atoms with Gasteiger partial charge < -0.3 is 23.8 Å². The highest BCUT2D eigenvalue weighted by atomic mass is 16.5. The molecule has 178 valence electrons. The topological polar surface area (TPSA) is 98.0 Å². The van der Waals surface area contributed by atoms with Gasteiger partial charge >= 0.3 is 0 Å². The van der Waals surface area contributed by atoms with Crippen molar-refractivity contribution < 1.29 is 23.6 Å². The smallest absolute Gasteiger partial charge is 0.230 e. The summed E-state index contributed by atoms with van der Waals surface area (Å²) in [4.78, 5) is 33.3. The molecule has 0 unspecified atom stereocenters. The van der Waals surface area contributed by atoms with E-state index in [1.165, 1.54) is 6.42 Å². The van der Waals surface area contributed by atoms with Gasteiger partial charge in [0.05, 0.1) is 14.2 Å². The van der Waals surface area contributed by atoms with Crippen LogP contribution in [-0.2, 0) is 9.59 Å². The molecule has 0 saturated carbocycles. The summed E-state index contributed by atoms with van der Waals surface area (Å²) in [6.07, 6.45) is 5.43. The number of benzene rings is 1. The molecule has 1 aromatic carbocycles. The number of carbonyl (C=O) groups excluding carboxylic acids is 2. The fourth-order valence-electron chi connectivity index (χ4n) is 4.54. The molecular weight excluding hydrogens is 424 g/mol. The van der Waals surface area contributed by atoms with E-state index in [2.05, 4.69) is 10.1 Å². The SMILES string of the molecule is COc1ccc(-c2noc(C3CCN(C(=O)CCC(=O)N4CCCCC4)CC3)n2)cc1OC. The highest BCUT2D eigenvalue weighted by Gasteiger charge is 2.28. The Labute approximate surface area is 194 Å². The third-order valence-electron chi connectivity index (χ3n) is 6.54. The van der Waals surface area contributed by atoms with Gasteiger partial charge in [-0.3, -0.25) is 9.59 Å². The number of piperidine rings is 2. The molecule has 2 fully saturated rings. The van der Waals surface area contributed by atoms with Crippen molar-refractivity contribution in [2.45, 2.75) is 50.9 Å². The molecule has 1 aromatic heterocycles. The van der Waals surface area contributed by atoms with E-state index >= 15 is 0 Å². The normalized spacial score (nSPS) is 17.2. The predicted molar refractivity (Wildman–Crippen MR) is 121 cm³/mol. The Morgan fingerprint density at radius 2 is 1.58 bits per heavy atom. The Kier molecular flexibility index (Phi) is 7.47. The monoisotopic (exact) mass is 456 g/mol. The highest BCUT2D eigenvalue weighted by Crippen LogP contribution is 2.33. The fraction of sp³-hybridized carbons (Fsp3) is 0.583. The van der Waals surface area contributed by atoms with Gasteiger partial charge in [0.2, 0.25) is 23.5 Å². The summed E-state index contributed by atoms with van der Waals surface area (Å²) in [5.74, 6) is 2.60. The lowest BCUT2D eigenvalue weighted by molar-refractivity contribution is -0.138. The van der Waals surface area contributed by atoms with Gasteiger partial charge in [-0.25, -0.2) is 0 Å². The van der Waals surface area contributed by atoms with E-state index in [-0.39, 0.29) is 24.2 Å². The van der Waals surface area contributed by atoms with Crippen molar-refractivity contribution in [3.63, 3.8) is 0 Å². The van der Waals surface area contributed by atoms with Crippen LogP contribution in [0.3, 0.4) is 0 Å². The maximum absolute atomic E-state index is 12.6. The van der Waals surface area contributed by atoms with Crippen LogP contribution in [-0.4, -0.2) is 72.2 Å². The summed E-state index contributed by atoms with van der Waals surface area (Å²) in [5.41, 5.74) is 0.786. The molecule has 9 nitrogen and oxygen atoms in total. The molecule has 0 spiro atoms. The molecular formula is C24H32N4O5. The number of carbonyl (C=O) groups is 2. The first kappa shape index (κ1) is 23.1. The molecule has 2 aliphatic heterocycles. The molecule has 2 amide bonds. The second kappa shape index (κ2) is 10.7. The van der Waals surface area contributed by atoms with E-state index in [9.17, 15) is 9.59 Å². The Morgan fingerprint density at radius 3 is 2.21 bits per heavy atom. The molecule has 0 atom stereocenters. The Hall–Kier alpha value is -3.10. The zero-order valence-corrected chi connectivity index (χ0v) is 19.4. The summed E-state index contributed by atoms with van der Waals surface area (Å²) in [5, 5.41) is 4.13. The van der Waals surface area contributed by atoms with Crippen LogP contribution < -0.4 is 9.47 Å². The molecule has 2 saturated heterocycles. The molecule has 0 bridgehead atoms. The Balaban J connectivity index is 1.28. The summed E-state index contributed by atoms with van der Waals surface area (Å²) in [6, 6.07) is 5.49. The van der Waals surface area contributed by atoms with Crippen molar-refractivity contribution in [3.8, 4) is 22.9 Å². The van der Waals surface area contributed by atoms with Gasteiger partial charge in [0, 0.05) is 50.5 Å². The number of nitrogens with zero attached hydrogens (tertiary/aromatic N) is 4. The minimum atomic E-state index is 0.0513. The number of amides is 2. The van der Waals surface area contributed by atoms with E-state index < -0.39 is 0 Å². The number of rotatable bonds is 7. The van der Waals surface area contributed by atoms with Gasteiger partial charge in [-0.1, -0.05) is 5.16 Å². The van der Waals surface area contributed by atoms with Crippen LogP contribution in [0.1, 0.15) is 56.8 Å². The van der Waals surface area contributed by atoms with Crippen molar-refractivity contribution in [2.24, 2.45) is 0 Å². The van der Waals surface area contributed by atoms with E-state index in [1.807, 2.05) is 28.0 Å². The average Bonchev–Trinajstić information content (AvgIpc) is 3.37. The molecule has 4 rings (SSSR count). The highest BCUT2D eigenvalue weighted by molar-refractivity contribution is 5.84. The van der Waals surface area contributed by atoms with Gasteiger partial charge in [-0.15, -0.1) is 0 Å². The molecule has 2 aliphatic rings. The Bertz CT molecular complexity index is 962. The van der Waals surface area contributed by atoms with Crippen LogP contribution in [0.4, 0.5) is 0 Å². The number of hydrogen-bond donors (Lipinski definition) is 0. The molecule has 33 heavy (non-hydrogen) atoms. The van der Waals surface area contributed by atoms with E-state index in [1.54, 1.807) is 14.2 Å². The first-order valence-corrected chi connectivity index (χ1v) is 11.7. The van der Waals surface area contributed by atoms with Gasteiger partial charge in [0.15, 0.2) is 11.5 Å². The second-order valence-electron chi connectivity index (χ2n) is 8.62. The first-order valence-electron chi connectivity index (χ1n) is 11.7. The molecule has 0 aliphatic carbocycles. The predicted octanol–water partition coefficient (Wildman–Crippen LogP) is 3.25. The number of hydrogen-bond acceptors (Lipinski definition) is 7. The van der Waals surface area contributed by atoms with Crippen LogP contribution in [0.15, 0.2) is 22.7 Å². The largest absolute Gasteiger partial charge is 0.493 e. The van der Waals surface area contributed by atoms with E-state index in [4.69, 9.17) is 14.0 Å². The van der Waals surface area contributed by atoms with Crippen LogP contribution in [0.5, 0.6) is 11.5 Å². The van der Waals surface area contributed by atoms with Crippen molar-refractivity contribution in [1.82, 2.24) is 19.9 Å². The number of methoxy groups -OCH3 is 2. The molecule has 0 radical (unpaired) electrons. The molecule has 9 heteroatoms.